The molecule has 4 bridgehead atoms. The first-order chi connectivity index (χ1) is 15.7. The van der Waals surface area contributed by atoms with E-state index >= 15 is 0 Å². The van der Waals surface area contributed by atoms with Gasteiger partial charge in [-0.05, 0) is 38.0 Å². The summed E-state index contributed by atoms with van der Waals surface area (Å²) in [6.07, 6.45) is 4.87. The molecule has 0 radical (unpaired) electrons. The number of nitrogens with one attached hydrogen (secondary N) is 2. The molecule has 2 N–H and O–H groups in total. The van der Waals surface area contributed by atoms with E-state index in [2.05, 4.69) is 15.5 Å². The van der Waals surface area contributed by atoms with Crippen LogP contribution >= 0.6 is 0 Å². The summed E-state index contributed by atoms with van der Waals surface area (Å²) in [7, 11) is -5.19. The number of amides is 2. The van der Waals surface area contributed by atoms with Gasteiger partial charge in [-0.2, -0.15) is 0 Å². The molecule has 0 aliphatic carbocycles. The highest BCUT2D eigenvalue weighted by molar-refractivity contribution is 6.61. The van der Waals surface area contributed by atoms with Crippen molar-refractivity contribution in [2.24, 2.45) is 5.92 Å². The summed E-state index contributed by atoms with van der Waals surface area (Å²) in [5.41, 5.74) is 0. The fourth-order valence-electron chi connectivity index (χ4n) is 4.66. The van der Waals surface area contributed by atoms with E-state index in [0.29, 0.717) is 38.8 Å². The van der Waals surface area contributed by atoms with Gasteiger partial charge in [-0.1, -0.05) is 0 Å². The van der Waals surface area contributed by atoms with Crippen LogP contribution < -0.4 is 10.6 Å². The van der Waals surface area contributed by atoms with Gasteiger partial charge < -0.3 is 37.2 Å². The van der Waals surface area contributed by atoms with Gasteiger partial charge in [0, 0.05) is 64.6 Å². The quantitative estimate of drug-likeness (QED) is 0.387. The van der Waals surface area contributed by atoms with Crippen LogP contribution in [0.4, 0.5) is 4.79 Å². The summed E-state index contributed by atoms with van der Waals surface area (Å²) in [5.74, 6) is 0.657. The van der Waals surface area contributed by atoms with Crippen molar-refractivity contribution in [1.29, 1.82) is 0 Å². The molecule has 184 valence electrons. The van der Waals surface area contributed by atoms with Gasteiger partial charge in [-0.15, -0.1) is 0 Å². The Kier molecular flexibility index (Phi) is 9.37. The third kappa shape index (κ3) is 7.21. The SMILES string of the molecule is O=C(NCCC[Si]12OCCC(CCO1)CCO2)NCCC[Si]12OCCN(CCO1)CCO2. The van der Waals surface area contributed by atoms with E-state index in [-0.39, 0.29) is 6.03 Å². The Morgan fingerprint density at radius 1 is 0.688 bits per heavy atom. The van der Waals surface area contributed by atoms with Crippen LogP contribution in [0, 0.1) is 5.92 Å². The van der Waals surface area contributed by atoms with Crippen molar-refractivity contribution in [1.82, 2.24) is 15.5 Å². The first-order valence-electron chi connectivity index (χ1n) is 12.2. The summed E-state index contributed by atoms with van der Waals surface area (Å²) in [6, 6.07) is 1.32. The Balaban J connectivity index is 1.10. The van der Waals surface area contributed by atoms with E-state index in [1.807, 2.05) is 0 Å². The summed E-state index contributed by atoms with van der Waals surface area (Å²) in [5, 5.41) is 5.87. The fraction of sp³-hybridized carbons (Fsp3) is 0.950. The van der Waals surface area contributed by atoms with Crippen molar-refractivity contribution in [3.05, 3.63) is 0 Å². The molecule has 6 aliphatic heterocycles. The van der Waals surface area contributed by atoms with E-state index in [1.165, 1.54) is 0 Å². The van der Waals surface area contributed by atoms with Crippen molar-refractivity contribution >= 4 is 23.6 Å². The van der Waals surface area contributed by atoms with Crippen molar-refractivity contribution in [2.45, 2.75) is 44.2 Å². The van der Waals surface area contributed by atoms with Crippen LogP contribution in [-0.4, -0.2) is 101 Å². The maximum Gasteiger partial charge on any atom is 0.501 e. The summed E-state index contributed by atoms with van der Waals surface area (Å²) < 4.78 is 36.3. The molecule has 6 saturated heterocycles. The average molecular weight is 490 g/mol. The lowest BCUT2D eigenvalue weighted by molar-refractivity contribution is -0.00849. The van der Waals surface area contributed by atoms with Gasteiger partial charge in [0.2, 0.25) is 0 Å². The molecule has 6 rings (SSSR count). The maximum absolute atomic E-state index is 12.2. The summed E-state index contributed by atoms with van der Waals surface area (Å²) in [6.45, 7) is 8.10. The molecule has 6 heterocycles. The Morgan fingerprint density at radius 2 is 1.09 bits per heavy atom. The van der Waals surface area contributed by atoms with Crippen molar-refractivity contribution in [2.75, 3.05) is 72.4 Å². The Hall–Kier alpha value is -0.576. The topological polar surface area (TPSA) is 99.8 Å². The first-order valence-corrected chi connectivity index (χ1v) is 16.1. The molecular weight excluding hydrogens is 450 g/mol. The fourth-order valence-corrected chi connectivity index (χ4v) is 9.74. The van der Waals surface area contributed by atoms with Crippen molar-refractivity contribution < 1.29 is 31.4 Å². The van der Waals surface area contributed by atoms with Gasteiger partial charge in [-0.3, -0.25) is 4.90 Å². The standard InChI is InChI=1S/C20H39N3O7Si2/c24-20(21-6-1-17-31-25-11-3-19(4-12-26-31)5-13-27-31)22-7-2-18-32-28-14-8-23(9-15-29-32)10-16-30-32/h19H,1-18H2,(H2,21,22,24). The van der Waals surface area contributed by atoms with E-state index in [9.17, 15) is 4.79 Å². The number of carbonyl (C=O) groups is 1. The zero-order valence-electron chi connectivity index (χ0n) is 19.1. The van der Waals surface area contributed by atoms with Gasteiger partial charge in [0.1, 0.15) is 0 Å². The smallest absolute Gasteiger partial charge is 0.373 e. The van der Waals surface area contributed by atoms with Crippen LogP contribution in [0.5, 0.6) is 0 Å². The summed E-state index contributed by atoms with van der Waals surface area (Å²) in [4.78, 5) is 14.5. The van der Waals surface area contributed by atoms with Crippen LogP contribution in [0.25, 0.3) is 0 Å². The lowest BCUT2D eigenvalue weighted by Crippen LogP contribution is -2.55. The molecule has 0 aromatic heterocycles. The maximum atomic E-state index is 12.2. The second-order valence-electron chi connectivity index (χ2n) is 8.92. The highest BCUT2D eigenvalue weighted by Gasteiger charge is 2.44. The number of urea groups is 1. The molecule has 2 amide bonds. The molecule has 12 heteroatoms. The zero-order chi connectivity index (χ0) is 22.1. The number of fused-ring (bicyclic) bond motifs is 12. The molecule has 0 spiro atoms. The predicted octanol–water partition coefficient (Wildman–Crippen LogP) is 1.19. The Labute approximate surface area is 193 Å². The lowest BCUT2D eigenvalue weighted by atomic mass is 9.99. The number of hydrogen-bond acceptors (Lipinski definition) is 8. The number of carbonyl (C=O) groups excluding carboxylic acids is 1. The van der Waals surface area contributed by atoms with Gasteiger partial charge in [0.25, 0.3) is 0 Å². The third-order valence-electron chi connectivity index (χ3n) is 6.62. The molecule has 10 nitrogen and oxygen atoms in total. The number of rotatable bonds is 8. The monoisotopic (exact) mass is 489 g/mol. The molecule has 6 aliphatic rings. The van der Waals surface area contributed by atoms with Gasteiger partial charge in [0.05, 0.1) is 19.8 Å². The largest absolute Gasteiger partial charge is 0.501 e. The zero-order valence-corrected chi connectivity index (χ0v) is 21.1. The Bertz CT molecular complexity index is 502. The number of nitrogens with zero attached hydrogens (tertiary/aromatic N) is 1. The number of hydrogen-bond donors (Lipinski definition) is 2. The molecule has 0 saturated carbocycles. The van der Waals surface area contributed by atoms with Crippen LogP contribution in [0.3, 0.4) is 0 Å². The molecule has 6 fully saturated rings. The van der Waals surface area contributed by atoms with Gasteiger partial charge in [0.15, 0.2) is 0 Å². The minimum atomic E-state index is -2.61. The molecule has 0 aromatic rings. The van der Waals surface area contributed by atoms with Crippen LogP contribution in [0.15, 0.2) is 0 Å². The Morgan fingerprint density at radius 3 is 1.53 bits per heavy atom. The molecular formula is C20H39N3O7Si2. The molecule has 32 heavy (non-hydrogen) atoms. The minimum absolute atomic E-state index is 0.155. The third-order valence-corrected chi connectivity index (χ3v) is 12.4. The summed E-state index contributed by atoms with van der Waals surface area (Å²) >= 11 is 0. The van der Waals surface area contributed by atoms with Crippen LogP contribution in [0.1, 0.15) is 32.1 Å². The second kappa shape index (κ2) is 12.2. The van der Waals surface area contributed by atoms with Crippen molar-refractivity contribution in [3.63, 3.8) is 0 Å². The second-order valence-corrected chi connectivity index (χ2v) is 14.4. The highest BCUT2D eigenvalue weighted by atomic mass is 28.4. The van der Waals surface area contributed by atoms with E-state index in [0.717, 1.165) is 83.6 Å². The van der Waals surface area contributed by atoms with Crippen LogP contribution in [-0.2, 0) is 26.6 Å². The predicted molar refractivity (Wildman–Crippen MR) is 121 cm³/mol. The minimum Gasteiger partial charge on any atom is -0.373 e. The van der Waals surface area contributed by atoms with Crippen LogP contribution in [0.2, 0.25) is 12.1 Å². The van der Waals surface area contributed by atoms with Gasteiger partial charge >= 0.3 is 23.6 Å². The van der Waals surface area contributed by atoms with E-state index < -0.39 is 17.6 Å². The molecule has 0 atom stereocenters. The van der Waals surface area contributed by atoms with E-state index in [4.69, 9.17) is 26.6 Å². The highest BCUT2D eigenvalue weighted by Crippen LogP contribution is 2.28. The normalized spacial score (nSPS) is 35.6. The molecule has 0 unspecified atom stereocenters. The van der Waals surface area contributed by atoms with Crippen molar-refractivity contribution in [3.8, 4) is 0 Å². The lowest BCUT2D eigenvalue weighted by Gasteiger charge is -2.38. The average Bonchev–Trinajstić information content (AvgIpc) is 2.69. The molecule has 0 aromatic carbocycles. The van der Waals surface area contributed by atoms with Gasteiger partial charge in [-0.25, -0.2) is 4.79 Å². The van der Waals surface area contributed by atoms with E-state index in [1.54, 1.807) is 0 Å². The first kappa shape index (κ1) is 24.5.